The number of hydrogen-bond acceptors (Lipinski definition) is 5. The van der Waals surface area contributed by atoms with Gasteiger partial charge in [-0.1, -0.05) is 13.8 Å². The lowest BCUT2D eigenvalue weighted by Crippen LogP contribution is -2.89. The van der Waals surface area contributed by atoms with Crippen LogP contribution in [0.3, 0.4) is 0 Å². The van der Waals surface area contributed by atoms with Crippen molar-refractivity contribution in [1.29, 1.82) is 0 Å². The van der Waals surface area contributed by atoms with Gasteiger partial charge in [0.15, 0.2) is 6.04 Å². The van der Waals surface area contributed by atoms with Crippen LogP contribution < -0.4 is 21.3 Å². The number of benzene rings is 1. The predicted molar refractivity (Wildman–Crippen MR) is 106 cm³/mol. The molecule has 0 radical (unpaired) electrons. The molecule has 1 aromatic carbocycles. The minimum absolute atomic E-state index is 0.0805. The molecular weight excluding hydrogens is 378 g/mol. The number of nitrogens with zero attached hydrogens (tertiary/aromatic N) is 1. The van der Waals surface area contributed by atoms with Crippen LogP contribution in [0.5, 0.6) is 0 Å². The summed E-state index contributed by atoms with van der Waals surface area (Å²) in [5, 5.41) is 20.5. The second-order valence-corrected chi connectivity index (χ2v) is 7.53. The van der Waals surface area contributed by atoms with Gasteiger partial charge in [-0.3, -0.25) is 24.5 Å². The maximum atomic E-state index is 12.5. The minimum atomic E-state index is -0.705. The van der Waals surface area contributed by atoms with E-state index in [9.17, 15) is 24.5 Å². The molecule has 1 aliphatic heterocycles. The van der Waals surface area contributed by atoms with Crippen molar-refractivity contribution in [3.8, 4) is 0 Å². The molecule has 2 rings (SSSR count). The molecule has 0 saturated carbocycles. The quantitative estimate of drug-likeness (QED) is 0.334. The number of amides is 3. The summed E-state index contributed by atoms with van der Waals surface area (Å²) in [4.78, 5) is 47.0. The predicted octanol–water partition coefficient (Wildman–Crippen LogP) is -0.0938. The molecule has 0 aromatic heterocycles. The highest BCUT2D eigenvalue weighted by atomic mass is 16.6. The van der Waals surface area contributed by atoms with E-state index in [0.717, 1.165) is 19.4 Å². The lowest BCUT2D eigenvalue weighted by atomic mass is 10.0. The van der Waals surface area contributed by atoms with Crippen molar-refractivity contribution in [3.05, 3.63) is 34.4 Å². The van der Waals surface area contributed by atoms with E-state index in [0.29, 0.717) is 12.1 Å². The van der Waals surface area contributed by atoms with E-state index in [2.05, 4.69) is 16.0 Å². The minimum Gasteiger partial charge on any atom is -0.345 e. The Morgan fingerprint density at radius 1 is 1.24 bits per heavy atom. The highest BCUT2D eigenvalue weighted by Crippen LogP contribution is 2.15. The lowest BCUT2D eigenvalue weighted by molar-refractivity contribution is -0.657. The monoisotopic (exact) mass is 406 g/mol. The second-order valence-electron chi connectivity index (χ2n) is 7.53. The Hall–Kier alpha value is -3.01. The van der Waals surface area contributed by atoms with Gasteiger partial charge in [0.25, 0.3) is 11.6 Å². The fourth-order valence-corrected chi connectivity index (χ4v) is 3.16. The van der Waals surface area contributed by atoms with E-state index in [-0.39, 0.29) is 30.1 Å². The third-order valence-electron chi connectivity index (χ3n) is 4.63. The summed E-state index contributed by atoms with van der Waals surface area (Å²) in [7, 11) is 0. The van der Waals surface area contributed by atoms with Gasteiger partial charge in [0.05, 0.1) is 18.0 Å². The van der Waals surface area contributed by atoms with Crippen LogP contribution in [0.15, 0.2) is 24.3 Å². The molecule has 0 aliphatic carbocycles. The Labute approximate surface area is 169 Å². The zero-order valence-electron chi connectivity index (χ0n) is 16.6. The van der Waals surface area contributed by atoms with Crippen LogP contribution in [-0.4, -0.2) is 47.8 Å². The molecule has 158 valence electrons. The number of nitrogens with one attached hydrogen (secondary N) is 3. The van der Waals surface area contributed by atoms with Crippen molar-refractivity contribution in [3.63, 3.8) is 0 Å². The summed E-state index contributed by atoms with van der Waals surface area (Å²) in [6.45, 7) is 4.54. The number of carbonyl (C=O) groups excluding carboxylic acids is 3. The van der Waals surface area contributed by atoms with E-state index in [1.807, 2.05) is 19.2 Å². The molecule has 1 aromatic rings. The first-order valence-corrected chi connectivity index (χ1v) is 9.72. The Balaban J connectivity index is 1.86. The summed E-state index contributed by atoms with van der Waals surface area (Å²) in [5.41, 5.74) is 0.307. The molecule has 1 heterocycles. The van der Waals surface area contributed by atoms with Crippen LogP contribution in [-0.2, 0) is 14.4 Å². The Morgan fingerprint density at radius 3 is 2.48 bits per heavy atom. The molecule has 10 nitrogen and oxygen atoms in total. The van der Waals surface area contributed by atoms with Gasteiger partial charge in [-0.2, -0.15) is 0 Å². The van der Waals surface area contributed by atoms with Crippen molar-refractivity contribution >= 4 is 29.1 Å². The van der Waals surface area contributed by atoms with E-state index in [4.69, 9.17) is 0 Å². The van der Waals surface area contributed by atoms with Gasteiger partial charge >= 0.3 is 0 Å². The topological polar surface area (TPSA) is 147 Å². The van der Waals surface area contributed by atoms with Gasteiger partial charge in [0, 0.05) is 30.7 Å². The second kappa shape index (κ2) is 10.5. The van der Waals surface area contributed by atoms with E-state index in [1.165, 1.54) is 24.3 Å². The molecular formula is C19H28N5O5+. The van der Waals surface area contributed by atoms with Crippen LogP contribution in [0.4, 0.5) is 11.4 Å². The van der Waals surface area contributed by atoms with Gasteiger partial charge in [0.2, 0.25) is 11.8 Å². The summed E-state index contributed by atoms with van der Waals surface area (Å²) in [5.74, 6) is -0.846. The van der Waals surface area contributed by atoms with Gasteiger partial charge in [-0.25, -0.2) is 0 Å². The standard InChI is InChI=1S/C19H27N5O5/c1-12(2)10-16(23-19(27)15-4-3-9-20-15)18(26)21-11-17(25)22-13-5-7-14(8-6-13)24(28)29/h5-8,12,15-16,20H,3-4,9-11H2,1-2H3,(H,21,26)(H,22,25)(H,23,27)/p+1/t15-,16-/m0/s1. The number of anilines is 1. The first-order valence-electron chi connectivity index (χ1n) is 9.72. The number of nitro benzene ring substituents is 1. The molecule has 1 fully saturated rings. The molecule has 0 spiro atoms. The van der Waals surface area contributed by atoms with Crippen LogP contribution >= 0.6 is 0 Å². The molecule has 0 unspecified atom stereocenters. The first-order chi connectivity index (χ1) is 13.8. The number of carbonyl (C=O) groups is 3. The van der Waals surface area contributed by atoms with Crippen LogP contribution in [0.1, 0.15) is 33.1 Å². The van der Waals surface area contributed by atoms with Gasteiger partial charge in [-0.05, 0) is 24.5 Å². The van der Waals surface area contributed by atoms with Crippen molar-refractivity contribution in [1.82, 2.24) is 10.6 Å². The van der Waals surface area contributed by atoms with E-state index in [1.54, 1.807) is 0 Å². The van der Waals surface area contributed by atoms with Gasteiger partial charge < -0.3 is 21.3 Å². The largest absolute Gasteiger partial charge is 0.345 e. The Kier molecular flexibility index (Phi) is 8.08. The van der Waals surface area contributed by atoms with Crippen molar-refractivity contribution in [2.24, 2.45) is 5.92 Å². The molecule has 2 atom stereocenters. The molecule has 1 aliphatic rings. The SMILES string of the molecule is CC(C)C[C@H](NC(=O)[C@@H]1CCC[NH2+]1)C(=O)NCC(=O)Nc1ccc([N+](=O)[O-])cc1. The Bertz CT molecular complexity index is 744. The first kappa shape index (κ1) is 22.3. The highest BCUT2D eigenvalue weighted by molar-refractivity contribution is 5.96. The number of nitrogens with two attached hydrogens (primary N) is 1. The number of hydrogen-bond donors (Lipinski definition) is 4. The zero-order chi connectivity index (χ0) is 21.4. The average Bonchev–Trinajstić information content (AvgIpc) is 3.20. The molecule has 5 N–H and O–H groups in total. The third-order valence-corrected chi connectivity index (χ3v) is 4.63. The normalized spacial score (nSPS) is 16.9. The van der Waals surface area contributed by atoms with Crippen LogP contribution in [0.25, 0.3) is 0 Å². The molecule has 3 amide bonds. The van der Waals surface area contributed by atoms with Crippen molar-refractivity contribution < 1.29 is 24.6 Å². The molecule has 0 bridgehead atoms. The van der Waals surface area contributed by atoms with Crippen LogP contribution in [0, 0.1) is 16.0 Å². The van der Waals surface area contributed by atoms with Gasteiger partial charge in [0.1, 0.15) is 6.04 Å². The summed E-state index contributed by atoms with van der Waals surface area (Å²) >= 11 is 0. The van der Waals surface area contributed by atoms with Crippen LogP contribution in [0.2, 0.25) is 0 Å². The van der Waals surface area contributed by atoms with Gasteiger partial charge in [-0.15, -0.1) is 0 Å². The summed E-state index contributed by atoms with van der Waals surface area (Å²) in [6.07, 6.45) is 2.23. The molecule has 10 heteroatoms. The number of rotatable bonds is 9. The van der Waals surface area contributed by atoms with Crippen molar-refractivity contribution in [2.75, 3.05) is 18.4 Å². The van der Waals surface area contributed by atoms with E-state index >= 15 is 0 Å². The maximum Gasteiger partial charge on any atom is 0.278 e. The van der Waals surface area contributed by atoms with Crippen molar-refractivity contribution in [2.45, 2.75) is 45.2 Å². The average molecular weight is 406 g/mol. The van der Waals surface area contributed by atoms with E-state index < -0.39 is 22.8 Å². The highest BCUT2D eigenvalue weighted by Gasteiger charge is 2.30. The molecule has 1 saturated heterocycles. The maximum absolute atomic E-state index is 12.5. The third kappa shape index (κ3) is 7.15. The fraction of sp³-hybridized carbons (Fsp3) is 0.526. The fourth-order valence-electron chi connectivity index (χ4n) is 3.16. The number of quaternary nitrogens is 1. The molecule has 29 heavy (non-hydrogen) atoms. The number of non-ortho nitro benzene ring substituents is 1. The number of nitro groups is 1. The Morgan fingerprint density at radius 2 is 1.93 bits per heavy atom. The summed E-state index contributed by atoms with van der Waals surface area (Å²) < 4.78 is 0. The smallest absolute Gasteiger partial charge is 0.278 e. The lowest BCUT2D eigenvalue weighted by Gasteiger charge is -2.21. The zero-order valence-corrected chi connectivity index (χ0v) is 16.6. The summed E-state index contributed by atoms with van der Waals surface area (Å²) in [6, 6.07) is 4.52.